The Morgan fingerprint density at radius 3 is 2.64 bits per heavy atom. The zero-order valence-electron chi connectivity index (χ0n) is 12.6. The van der Waals surface area contributed by atoms with Crippen LogP contribution in [0.25, 0.3) is 0 Å². The van der Waals surface area contributed by atoms with E-state index < -0.39 is 0 Å². The molecular weight excluding hydrogens is 278 g/mol. The van der Waals surface area contributed by atoms with E-state index in [1.165, 1.54) is 0 Å². The summed E-state index contributed by atoms with van der Waals surface area (Å²) in [6.45, 7) is 3.56. The minimum atomic E-state index is 0.0247. The normalized spacial score (nSPS) is 15.6. The van der Waals surface area contributed by atoms with Crippen molar-refractivity contribution in [2.45, 2.75) is 19.8 Å². The van der Waals surface area contributed by atoms with Crippen molar-refractivity contribution < 1.29 is 4.79 Å². The molecule has 1 N–H and O–H groups in total. The second-order valence-electron chi connectivity index (χ2n) is 5.50. The Labute approximate surface area is 129 Å². The zero-order chi connectivity index (χ0) is 15.4. The summed E-state index contributed by atoms with van der Waals surface area (Å²) in [5.41, 5.74) is 0.911. The zero-order valence-corrected chi connectivity index (χ0v) is 12.6. The molecule has 6 nitrogen and oxygen atoms in total. The lowest BCUT2D eigenvalue weighted by atomic mass is 9.96. The van der Waals surface area contributed by atoms with Crippen LogP contribution in [0.5, 0.6) is 0 Å². The summed E-state index contributed by atoms with van der Waals surface area (Å²) in [5, 5.41) is 11.2. The molecule has 0 atom stereocenters. The monoisotopic (exact) mass is 297 g/mol. The number of carbonyl (C=O) groups excluding carboxylic acids is 1. The molecule has 3 rings (SSSR count). The van der Waals surface area contributed by atoms with Gasteiger partial charge < -0.3 is 10.2 Å². The van der Waals surface area contributed by atoms with E-state index >= 15 is 0 Å². The molecule has 6 heteroatoms. The SMILES string of the molecule is Cc1ccc(N2CCC(C(=O)Nc3ccccn3)CC2)nn1. The second kappa shape index (κ2) is 6.51. The molecule has 22 heavy (non-hydrogen) atoms. The molecule has 3 heterocycles. The van der Waals surface area contributed by atoms with E-state index in [-0.39, 0.29) is 11.8 Å². The van der Waals surface area contributed by atoms with E-state index in [9.17, 15) is 4.79 Å². The molecule has 0 radical (unpaired) electrons. The Balaban J connectivity index is 1.55. The van der Waals surface area contributed by atoms with E-state index in [1.54, 1.807) is 12.3 Å². The average Bonchev–Trinajstić information content (AvgIpc) is 2.57. The van der Waals surface area contributed by atoms with Crippen LogP contribution >= 0.6 is 0 Å². The molecule has 0 aromatic carbocycles. The second-order valence-corrected chi connectivity index (χ2v) is 5.50. The van der Waals surface area contributed by atoms with Crippen molar-refractivity contribution in [3.63, 3.8) is 0 Å². The van der Waals surface area contributed by atoms with Crippen molar-refractivity contribution in [1.29, 1.82) is 0 Å². The molecule has 2 aromatic heterocycles. The first kappa shape index (κ1) is 14.4. The number of anilines is 2. The maximum Gasteiger partial charge on any atom is 0.228 e. The number of carbonyl (C=O) groups is 1. The maximum absolute atomic E-state index is 12.3. The van der Waals surface area contributed by atoms with E-state index in [2.05, 4.69) is 25.4 Å². The highest BCUT2D eigenvalue weighted by Gasteiger charge is 2.25. The van der Waals surface area contributed by atoms with Gasteiger partial charge in [-0.05, 0) is 44.0 Å². The van der Waals surface area contributed by atoms with Gasteiger partial charge in [-0.3, -0.25) is 4.79 Å². The van der Waals surface area contributed by atoms with Gasteiger partial charge in [0.05, 0.1) is 5.69 Å². The molecule has 0 unspecified atom stereocenters. The lowest BCUT2D eigenvalue weighted by Crippen LogP contribution is -2.38. The quantitative estimate of drug-likeness (QED) is 0.938. The number of hydrogen-bond acceptors (Lipinski definition) is 5. The molecule has 0 aliphatic carbocycles. The minimum absolute atomic E-state index is 0.0247. The van der Waals surface area contributed by atoms with Gasteiger partial charge >= 0.3 is 0 Å². The summed E-state index contributed by atoms with van der Waals surface area (Å²) in [4.78, 5) is 18.6. The van der Waals surface area contributed by atoms with Crippen molar-refractivity contribution in [2.75, 3.05) is 23.3 Å². The lowest BCUT2D eigenvalue weighted by Gasteiger charge is -2.31. The van der Waals surface area contributed by atoms with Gasteiger partial charge in [-0.2, -0.15) is 5.10 Å². The van der Waals surface area contributed by atoms with Crippen LogP contribution in [0.3, 0.4) is 0 Å². The smallest absolute Gasteiger partial charge is 0.228 e. The van der Waals surface area contributed by atoms with E-state index in [0.29, 0.717) is 5.82 Å². The molecule has 1 fully saturated rings. The van der Waals surface area contributed by atoms with Gasteiger partial charge in [0, 0.05) is 25.2 Å². The van der Waals surface area contributed by atoms with Crippen LogP contribution in [0.15, 0.2) is 36.5 Å². The predicted octanol–water partition coefficient (Wildman–Crippen LogP) is 2.04. The summed E-state index contributed by atoms with van der Waals surface area (Å²) in [6.07, 6.45) is 3.30. The van der Waals surface area contributed by atoms with Gasteiger partial charge in [0.25, 0.3) is 0 Å². The van der Waals surface area contributed by atoms with Crippen molar-refractivity contribution >= 4 is 17.5 Å². The number of pyridine rings is 1. The van der Waals surface area contributed by atoms with Crippen molar-refractivity contribution in [1.82, 2.24) is 15.2 Å². The summed E-state index contributed by atoms with van der Waals surface area (Å²) in [5.74, 6) is 1.57. The summed E-state index contributed by atoms with van der Waals surface area (Å²) < 4.78 is 0. The Kier molecular flexibility index (Phi) is 4.27. The van der Waals surface area contributed by atoms with Gasteiger partial charge in [0.1, 0.15) is 5.82 Å². The van der Waals surface area contributed by atoms with E-state index in [0.717, 1.165) is 37.4 Å². The molecular formula is C16H19N5O. The van der Waals surface area contributed by atoms with Crippen LogP contribution in [0.4, 0.5) is 11.6 Å². The Hall–Kier alpha value is -2.50. The fourth-order valence-corrected chi connectivity index (χ4v) is 2.60. The van der Waals surface area contributed by atoms with Crippen molar-refractivity contribution in [3.05, 3.63) is 42.2 Å². The predicted molar refractivity (Wildman–Crippen MR) is 84.6 cm³/mol. The number of nitrogens with one attached hydrogen (secondary N) is 1. The molecule has 0 saturated carbocycles. The number of rotatable bonds is 3. The van der Waals surface area contributed by atoms with Gasteiger partial charge in [-0.25, -0.2) is 4.98 Å². The average molecular weight is 297 g/mol. The highest BCUT2D eigenvalue weighted by atomic mass is 16.1. The summed E-state index contributed by atoms with van der Waals surface area (Å²) in [6, 6.07) is 9.44. The van der Waals surface area contributed by atoms with E-state index in [4.69, 9.17) is 0 Å². The van der Waals surface area contributed by atoms with Crippen LogP contribution in [-0.2, 0) is 4.79 Å². The highest BCUT2D eigenvalue weighted by molar-refractivity contribution is 5.91. The highest BCUT2D eigenvalue weighted by Crippen LogP contribution is 2.22. The van der Waals surface area contributed by atoms with Crippen molar-refractivity contribution in [2.24, 2.45) is 5.92 Å². The Bertz CT molecular complexity index is 621. The molecule has 0 bridgehead atoms. The molecule has 1 aliphatic rings. The van der Waals surface area contributed by atoms with Gasteiger partial charge in [0.15, 0.2) is 5.82 Å². The van der Waals surface area contributed by atoms with Crippen LogP contribution in [0, 0.1) is 12.8 Å². The maximum atomic E-state index is 12.3. The molecule has 114 valence electrons. The number of hydrogen-bond donors (Lipinski definition) is 1. The summed E-state index contributed by atoms with van der Waals surface area (Å²) in [7, 11) is 0. The van der Waals surface area contributed by atoms with Gasteiger partial charge in [0.2, 0.25) is 5.91 Å². The van der Waals surface area contributed by atoms with Crippen LogP contribution in [-0.4, -0.2) is 34.2 Å². The van der Waals surface area contributed by atoms with Gasteiger partial charge in [-0.1, -0.05) is 6.07 Å². The fourth-order valence-electron chi connectivity index (χ4n) is 2.60. The number of aryl methyl sites for hydroxylation is 1. The first-order chi connectivity index (χ1) is 10.7. The number of amides is 1. The van der Waals surface area contributed by atoms with E-state index in [1.807, 2.05) is 31.2 Å². The molecule has 2 aromatic rings. The van der Waals surface area contributed by atoms with Crippen LogP contribution in [0.2, 0.25) is 0 Å². The van der Waals surface area contributed by atoms with Gasteiger partial charge in [-0.15, -0.1) is 5.10 Å². The number of aromatic nitrogens is 3. The number of piperidine rings is 1. The summed E-state index contributed by atoms with van der Waals surface area (Å²) >= 11 is 0. The first-order valence-electron chi connectivity index (χ1n) is 7.49. The Morgan fingerprint density at radius 2 is 2.00 bits per heavy atom. The van der Waals surface area contributed by atoms with Crippen molar-refractivity contribution in [3.8, 4) is 0 Å². The standard InChI is InChI=1S/C16H19N5O/c1-12-5-6-15(20-19-12)21-10-7-13(8-11-21)16(22)18-14-4-2-3-9-17-14/h2-6,9,13H,7-8,10-11H2,1H3,(H,17,18,22). The van der Waals surface area contributed by atoms with Crippen LogP contribution < -0.4 is 10.2 Å². The number of nitrogens with zero attached hydrogens (tertiary/aromatic N) is 4. The first-order valence-corrected chi connectivity index (χ1v) is 7.49. The third-order valence-corrected chi connectivity index (χ3v) is 3.89. The third kappa shape index (κ3) is 3.39. The van der Waals surface area contributed by atoms with Crippen LogP contribution in [0.1, 0.15) is 18.5 Å². The molecule has 0 spiro atoms. The largest absolute Gasteiger partial charge is 0.355 e. The Morgan fingerprint density at radius 1 is 1.18 bits per heavy atom. The molecule has 1 saturated heterocycles. The third-order valence-electron chi connectivity index (χ3n) is 3.89. The molecule has 1 aliphatic heterocycles. The minimum Gasteiger partial charge on any atom is -0.355 e. The fraction of sp³-hybridized carbons (Fsp3) is 0.375. The topological polar surface area (TPSA) is 71.0 Å². The lowest BCUT2D eigenvalue weighted by molar-refractivity contribution is -0.120. The molecule has 1 amide bonds.